The van der Waals surface area contributed by atoms with E-state index in [1.165, 1.54) is 23.9 Å². The Balaban J connectivity index is 1.38. The number of thioether (sulfide) groups is 1. The number of nitrogens with zero attached hydrogens (tertiary/aromatic N) is 2. The Morgan fingerprint density at radius 2 is 2.00 bits per heavy atom. The van der Waals surface area contributed by atoms with Gasteiger partial charge in [0.2, 0.25) is 5.91 Å². The first-order chi connectivity index (χ1) is 13.2. The number of H-pyrrole nitrogens is 1. The van der Waals surface area contributed by atoms with Crippen LogP contribution in [0.5, 0.6) is 0 Å². The van der Waals surface area contributed by atoms with Crippen LogP contribution in [-0.4, -0.2) is 26.6 Å². The number of hydrogen-bond acceptors (Lipinski definition) is 4. The van der Waals surface area contributed by atoms with E-state index < -0.39 is 0 Å². The number of rotatable bonds is 5. The molecule has 0 saturated carbocycles. The van der Waals surface area contributed by atoms with Crippen molar-refractivity contribution >= 4 is 34.4 Å². The van der Waals surface area contributed by atoms with Crippen LogP contribution in [0.1, 0.15) is 0 Å². The molecule has 2 heterocycles. The number of carbonyl (C=O) groups is 1. The van der Waals surface area contributed by atoms with Crippen molar-refractivity contribution in [3.05, 3.63) is 72.7 Å². The summed E-state index contributed by atoms with van der Waals surface area (Å²) in [4.78, 5) is 24.2. The van der Waals surface area contributed by atoms with Crippen LogP contribution in [0.3, 0.4) is 0 Å². The van der Waals surface area contributed by atoms with Gasteiger partial charge >= 0.3 is 0 Å². The molecule has 0 saturated heterocycles. The van der Waals surface area contributed by atoms with Crippen molar-refractivity contribution in [1.29, 1.82) is 0 Å². The van der Waals surface area contributed by atoms with Gasteiger partial charge in [-0.3, -0.25) is 4.79 Å². The highest BCUT2D eigenvalue weighted by atomic mass is 32.2. The number of fused-ring (bicyclic) bond motifs is 1. The highest BCUT2D eigenvalue weighted by Crippen LogP contribution is 2.22. The second-order valence-corrected chi connectivity index (χ2v) is 6.83. The van der Waals surface area contributed by atoms with E-state index in [-0.39, 0.29) is 17.5 Å². The quantitative estimate of drug-likeness (QED) is 0.502. The smallest absolute Gasteiger partial charge is 0.234 e. The van der Waals surface area contributed by atoms with Crippen LogP contribution in [0, 0.1) is 5.82 Å². The zero-order valence-electron chi connectivity index (χ0n) is 14.1. The second kappa shape index (κ2) is 7.59. The number of hydrogen-bond donors (Lipinski definition) is 2. The van der Waals surface area contributed by atoms with E-state index in [9.17, 15) is 9.18 Å². The molecular weight excluding hydrogens is 363 g/mol. The van der Waals surface area contributed by atoms with Gasteiger partial charge in [0.25, 0.3) is 0 Å². The summed E-state index contributed by atoms with van der Waals surface area (Å²) in [5, 5.41) is 3.39. The summed E-state index contributed by atoms with van der Waals surface area (Å²) in [7, 11) is 0. The number of halogens is 1. The Labute approximate surface area is 159 Å². The largest absolute Gasteiger partial charge is 0.338 e. The summed E-state index contributed by atoms with van der Waals surface area (Å²) in [5.74, 6) is 0.342. The zero-order valence-corrected chi connectivity index (χ0v) is 15.0. The second-order valence-electron chi connectivity index (χ2n) is 5.83. The minimum absolute atomic E-state index is 0.188. The maximum Gasteiger partial charge on any atom is 0.234 e. The van der Waals surface area contributed by atoms with E-state index in [0.717, 1.165) is 27.4 Å². The zero-order chi connectivity index (χ0) is 18.6. The SMILES string of the molecule is O=C(CSc1ccc(-c2nc3ccccc3[nH]2)cn1)Nc1cccc(F)c1. The first-order valence-corrected chi connectivity index (χ1v) is 9.25. The standard InChI is InChI=1S/C20H15FN4OS/c21-14-4-3-5-15(10-14)23-18(26)12-27-19-9-8-13(11-22-19)20-24-16-6-1-2-7-17(16)25-20/h1-11H,12H2,(H,23,26)(H,24,25). The number of nitrogens with one attached hydrogen (secondary N) is 2. The number of aromatic amines is 1. The number of anilines is 1. The third-order valence-corrected chi connectivity index (χ3v) is 4.80. The minimum Gasteiger partial charge on any atom is -0.338 e. The third kappa shape index (κ3) is 4.15. The number of benzene rings is 2. The van der Waals surface area contributed by atoms with Crippen molar-refractivity contribution in [2.75, 3.05) is 11.1 Å². The van der Waals surface area contributed by atoms with Gasteiger partial charge in [0.15, 0.2) is 0 Å². The van der Waals surface area contributed by atoms with E-state index in [0.29, 0.717) is 5.69 Å². The highest BCUT2D eigenvalue weighted by Gasteiger charge is 2.08. The van der Waals surface area contributed by atoms with E-state index in [4.69, 9.17) is 0 Å². The molecule has 0 atom stereocenters. The summed E-state index contributed by atoms with van der Waals surface area (Å²) in [6, 6.07) is 17.4. The van der Waals surface area contributed by atoms with Crippen molar-refractivity contribution in [2.24, 2.45) is 0 Å². The maximum absolute atomic E-state index is 13.1. The number of aromatic nitrogens is 3. The number of imidazole rings is 1. The predicted molar refractivity (Wildman–Crippen MR) is 105 cm³/mol. The molecule has 4 rings (SSSR count). The van der Waals surface area contributed by atoms with Crippen LogP contribution >= 0.6 is 11.8 Å². The van der Waals surface area contributed by atoms with Crippen molar-refractivity contribution in [1.82, 2.24) is 15.0 Å². The van der Waals surface area contributed by atoms with E-state index in [1.807, 2.05) is 36.4 Å². The Hall–Kier alpha value is -3.19. The fourth-order valence-corrected chi connectivity index (χ4v) is 3.24. The Morgan fingerprint density at radius 1 is 1.11 bits per heavy atom. The molecule has 0 unspecified atom stereocenters. The average Bonchev–Trinajstić information content (AvgIpc) is 3.11. The molecule has 1 amide bonds. The summed E-state index contributed by atoms with van der Waals surface area (Å²) in [6.45, 7) is 0. The topological polar surface area (TPSA) is 70.7 Å². The van der Waals surface area contributed by atoms with Gasteiger partial charge < -0.3 is 10.3 Å². The van der Waals surface area contributed by atoms with Crippen LogP contribution < -0.4 is 5.32 Å². The molecule has 0 spiro atoms. The van der Waals surface area contributed by atoms with E-state index in [1.54, 1.807) is 18.3 Å². The first kappa shape index (κ1) is 17.2. The number of carbonyl (C=O) groups excluding carboxylic acids is 1. The van der Waals surface area contributed by atoms with Gasteiger partial charge in [-0.1, -0.05) is 30.0 Å². The van der Waals surface area contributed by atoms with Gasteiger partial charge in [0, 0.05) is 17.4 Å². The van der Waals surface area contributed by atoms with Gasteiger partial charge in [-0.2, -0.15) is 0 Å². The Kier molecular flexibility index (Phi) is 4.84. The molecule has 2 N–H and O–H groups in total. The molecule has 0 radical (unpaired) electrons. The number of amides is 1. The Bertz CT molecular complexity index is 1060. The van der Waals surface area contributed by atoms with Crippen molar-refractivity contribution in [3.8, 4) is 11.4 Å². The number of pyridine rings is 1. The lowest BCUT2D eigenvalue weighted by Gasteiger charge is -2.05. The number of para-hydroxylation sites is 2. The lowest BCUT2D eigenvalue weighted by Crippen LogP contribution is -2.14. The molecule has 4 aromatic rings. The van der Waals surface area contributed by atoms with Crippen LogP contribution in [0.4, 0.5) is 10.1 Å². The predicted octanol–water partition coefficient (Wildman–Crippen LogP) is 4.49. The van der Waals surface area contributed by atoms with E-state index >= 15 is 0 Å². The first-order valence-electron chi connectivity index (χ1n) is 8.27. The van der Waals surface area contributed by atoms with Gasteiger partial charge in [-0.15, -0.1) is 0 Å². The van der Waals surface area contributed by atoms with Crippen LogP contribution in [-0.2, 0) is 4.79 Å². The fourth-order valence-electron chi connectivity index (χ4n) is 2.60. The Morgan fingerprint density at radius 3 is 2.78 bits per heavy atom. The van der Waals surface area contributed by atoms with Crippen molar-refractivity contribution in [2.45, 2.75) is 5.03 Å². The normalized spacial score (nSPS) is 10.9. The molecule has 134 valence electrons. The molecule has 0 bridgehead atoms. The van der Waals surface area contributed by atoms with Gasteiger partial charge in [0.1, 0.15) is 11.6 Å². The van der Waals surface area contributed by atoms with Crippen molar-refractivity contribution in [3.63, 3.8) is 0 Å². The lowest BCUT2D eigenvalue weighted by atomic mass is 10.3. The minimum atomic E-state index is -0.386. The molecule has 27 heavy (non-hydrogen) atoms. The molecule has 7 heteroatoms. The van der Waals surface area contributed by atoms with Gasteiger partial charge in [0.05, 0.1) is 21.8 Å². The van der Waals surface area contributed by atoms with Gasteiger partial charge in [-0.05, 0) is 42.5 Å². The average molecular weight is 378 g/mol. The fraction of sp³-hybridized carbons (Fsp3) is 0.0500. The van der Waals surface area contributed by atoms with Crippen LogP contribution in [0.15, 0.2) is 71.9 Å². The van der Waals surface area contributed by atoms with Gasteiger partial charge in [-0.25, -0.2) is 14.4 Å². The third-order valence-electron chi connectivity index (χ3n) is 3.86. The molecule has 0 aliphatic carbocycles. The van der Waals surface area contributed by atoms with E-state index in [2.05, 4.69) is 20.3 Å². The molecule has 0 aliphatic heterocycles. The molecule has 0 aliphatic rings. The van der Waals surface area contributed by atoms with Crippen LogP contribution in [0.25, 0.3) is 22.4 Å². The monoisotopic (exact) mass is 378 g/mol. The highest BCUT2D eigenvalue weighted by molar-refractivity contribution is 7.99. The summed E-state index contributed by atoms with van der Waals surface area (Å²) in [6.07, 6.45) is 1.73. The maximum atomic E-state index is 13.1. The summed E-state index contributed by atoms with van der Waals surface area (Å²) in [5.41, 5.74) is 3.19. The lowest BCUT2D eigenvalue weighted by molar-refractivity contribution is -0.113. The summed E-state index contributed by atoms with van der Waals surface area (Å²) < 4.78 is 13.1. The molecule has 2 aromatic heterocycles. The van der Waals surface area contributed by atoms with Crippen molar-refractivity contribution < 1.29 is 9.18 Å². The van der Waals surface area contributed by atoms with Crippen LogP contribution in [0.2, 0.25) is 0 Å². The molecule has 0 fully saturated rings. The summed E-state index contributed by atoms with van der Waals surface area (Å²) >= 11 is 1.31. The molecule has 5 nitrogen and oxygen atoms in total. The molecular formula is C20H15FN4OS. The molecule has 2 aromatic carbocycles.